The van der Waals surface area contributed by atoms with E-state index in [1.54, 1.807) is 17.7 Å². The lowest BCUT2D eigenvalue weighted by Crippen LogP contribution is -2.15. The number of hydrogen-bond acceptors (Lipinski definition) is 3. The Morgan fingerprint density at radius 2 is 2.17 bits per heavy atom. The number of carbonyl (C=O) groups excluding carboxylic acids is 1. The molecule has 0 aliphatic heterocycles. The van der Waals surface area contributed by atoms with E-state index in [0.29, 0.717) is 17.8 Å². The lowest BCUT2D eigenvalue weighted by Gasteiger charge is -2.11. The molecule has 1 amide bonds. The van der Waals surface area contributed by atoms with Crippen LogP contribution < -0.4 is 10.1 Å². The predicted molar refractivity (Wildman–Crippen MR) is 90.7 cm³/mol. The quantitative estimate of drug-likeness (QED) is 0.704. The van der Waals surface area contributed by atoms with Crippen molar-refractivity contribution >= 4 is 34.2 Å². The van der Waals surface area contributed by atoms with Crippen molar-refractivity contribution in [1.82, 2.24) is 9.78 Å². The molecule has 0 unspecified atom stereocenters. The molecule has 0 bridgehead atoms. The van der Waals surface area contributed by atoms with Gasteiger partial charge in [0.05, 0.1) is 9.26 Å². The summed E-state index contributed by atoms with van der Waals surface area (Å²) in [5, 5.41) is 7.04. The van der Waals surface area contributed by atoms with Gasteiger partial charge in [0.15, 0.2) is 0 Å². The largest absolute Gasteiger partial charge is 0.435 e. The SMILES string of the molecule is Cc1cc(OC(F)F)ccc1NC(=O)CCn1cc(I)c(C)n1. The summed E-state index contributed by atoms with van der Waals surface area (Å²) in [5.41, 5.74) is 2.15. The van der Waals surface area contributed by atoms with E-state index in [9.17, 15) is 13.6 Å². The summed E-state index contributed by atoms with van der Waals surface area (Å²) < 4.78 is 31.4. The number of aromatic nitrogens is 2. The zero-order chi connectivity index (χ0) is 17.0. The van der Waals surface area contributed by atoms with Gasteiger partial charge in [-0.3, -0.25) is 9.48 Å². The first-order valence-electron chi connectivity index (χ1n) is 6.90. The lowest BCUT2D eigenvalue weighted by atomic mass is 10.2. The van der Waals surface area contributed by atoms with Crippen molar-refractivity contribution < 1.29 is 18.3 Å². The summed E-state index contributed by atoms with van der Waals surface area (Å²) in [6.07, 6.45) is 2.15. The average Bonchev–Trinajstić information content (AvgIpc) is 2.78. The first-order valence-corrected chi connectivity index (χ1v) is 7.98. The molecule has 0 aliphatic rings. The van der Waals surface area contributed by atoms with Gasteiger partial charge in [-0.2, -0.15) is 13.9 Å². The molecule has 0 saturated carbocycles. The molecule has 8 heteroatoms. The van der Waals surface area contributed by atoms with Crippen molar-refractivity contribution in [2.45, 2.75) is 33.4 Å². The first kappa shape index (κ1) is 17.6. The number of nitrogens with one attached hydrogen (secondary N) is 1. The minimum atomic E-state index is -2.87. The van der Waals surface area contributed by atoms with E-state index in [2.05, 4.69) is 37.7 Å². The van der Waals surface area contributed by atoms with Crippen molar-refractivity contribution in [3.8, 4) is 5.75 Å². The fourth-order valence-electron chi connectivity index (χ4n) is 1.99. The van der Waals surface area contributed by atoms with Crippen molar-refractivity contribution in [3.05, 3.63) is 39.2 Å². The highest BCUT2D eigenvalue weighted by Crippen LogP contribution is 2.22. The van der Waals surface area contributed by atoms with Crippen molar-refractivity contribution in [2.24, 2.45) is 0 Å². The maximum atomic E-state index is 12.2. The van der Waals surface area contributed by atoms with Gasteiger partial charge < -0.3 is 10.1 Å². The van der Waals surface area contributed by atoms with Crippen LogP contribution in [0.3, 0.4) is 0 Å². The van der Waals surface area contributed by atoms with Gasteiger partial charge in [-0.05, 0) is 60.2 Å². The summed E-state index contributed by atoms with van der Waals surface area (Å²) in [5.74, 6) is -0.101. The van der Waals surface area contributed by atoms with Crippen LogP contribution in [0.5, 0.6) is 5.75 Å². The van der Waals surface area contributed by atoms with E-state index in [4.69, 9.17) is 0 Å². The van der Waals surface area contributed by atoms with Crippen LogP contribution in [0.4, 0.5) is 14.5 Å². The maximum absolute atomic E-state index is 12.2. The molecular weight excluding hydrogens is 419 g/mol. The van der Waals surface area contributed by atoms with E-state index in [0.717, 1.165) is 9.26 Å². The number of alkyl halides is 2. The van der Waals surface area contributed by atoms with Crippen molar-refractivity contribution in [3.63, 3.8) is 0 Å². The molecule has 2 aromatic rings. The number of aryl methyl sites for hydroxylation is 3. The van der Waals surface area contributed by atoms with E-state index in [-0.39, 0.29) is 18.1 Å². The molecule has 1 aromatic heterocycles. The van der Waals surface area contributed by atoms with Crippen molar-refractivity contribution in [2.75, 3.05) is 5.32 Å². The van der Waals surface area contributed by atoms with Crippen molar-refractivity contribution in [1.29, 1.82) is 0 Å². The van der Waals surface area contributed by atoms with Gasteiger partial charge in [-0.25, -0.2) is 0 Å². The third kappa shape index (κ3) is 5.15. The van der Waals surface area contributed by atoms with Crippen LogP contribution >= 0.6 is 22.6 Å². The molecule has 1 aromatic carbocycles. The van der Waals surface area contributed by atoms with Gasteiger partial charge in [0.1, 0.15) is 5.75 Å². The Morgan fingerprint density at radius 3 is 2.74 bits per heavy atom. The van der Waals surface area contributed by atoms with Gasteiger partial charge in [-0.15, -0.1) is 0 Å². The molecular formula is C15H16F2IN3O2. The molecule has 5 nitrogen and oxygen atoms in total. The van der Waals surface area contributed by atoms with Crippen LogP contribution in [0.15, 0.2) is 24.4 Å². The molecule has 0 aliphatic carbocycles. The second-order valence-corrected chi connectivity index (χ2v) is 6.14. The maximum Gasteiger partial charge on any atom is 0.387 e. The third-order valence-electron chi connectivity index (χ3n) is 3.15. The van der Waals surface area contributed by atoms with Crippen LogP contribution in [-0.2, 0) is 11.3 Å². The highest BCUT2D eigenvalue weighted by molar-refractivity contribution is 14.1. The predicted octanol–water partition coefficient (Wildman–Crippen LogP) is 3.73. The fraction of sp³-hybridized carbons (Fsp3) is 0.333. The second kappa shape index (κ2) is 7.71. The first-order chi connectivity index (χ1) is 10.8. The molecule has 23 heavy (non-hydrogen) atoms. The number of rotatable bonds is 6. The Bertz CT molecular complexity index is 685. The van der Waals surface area contributed by atoms with Gasteiger partial charge in [0.2, 0.25) is 5.91 Å². The fourth-order valence-corrected chi connectivity index (χ4v) is 2.42. The summed E-state index contributed by atoms with van der Waals surface area (Å²) in [7, 11) is 0. The summed E-state index contributed by atoms with van der Waals surface area (Å²) in [4.78, 5) is 12.0. The topological polar surface area (TPSA) is 56.1 Å². The second-order valence-electron chi connectivity index (χ2n) is 4.98. The molecule has 0 fully saturated rings. The molecule has 0 atom stereocenters. The van der Waals surface area contributed by atoms with Crippen LogP contribution in [0.1, 0.15) is 17.7 Å². The smallest absolute Gasteiger partial charge is 0.387 e. The number of amides is 1. The molecule has 1 N–H and O–H groups in total. The van der Waals surface area contributed by atoms with E-state index in [1.165, 1.54) is 12.1 Å². The number of ether oxygens (including phenoxy) is 1. The normalized spacial score (nSPS) is 10.9. The Labute approximate surface area is 146 Å². The summed E-state index contributed by atoms with van der Waals surface area (Å²) >= 11 is 2.19. The number of hydrogen-bond donors (Lipinski definition) is 1. The summed E-state index contributed by atoms with van der Waals surface area (Å²) in [6.45, 7) is 1.23. The molecule has 0 spiro atoms. The zero-order valence-electron chi connectivity index (χ0n) is 12.6. The number of nitrogens with zero attached hydrogens (tertiary/aromatic N) is 2. The van der Waals surface area contributed by atoms with Gasteiger partial charge in [0, 0.05) is 24.8 Å². The average molecular weight is 435 g/mol. The molecule has 2 rings (SSSR count). The van der Waals surface area contributed by atoms with E-state index >= 15 is 0 Å². The van der Waals surface area contributed by atoms with E-state index in [1.807, 2.05) is 13.1 Å². The van der Waals surface area contributed by atoms with Gasteiger partial charge in [-0.1, -0.05) is 0 Å². The minimum absolute atomic E-state index is 0.0668. The van der Waals surface area contributed by atoms with Gasteiger partial charge in [0.25, 0.3) is 0 Å². The molecule has 124 valence electrons. The Kier molecular flexibility index (Phi) is 5.91. The monoisotopic (exact) mass is 435 g/mol. The Morgan fingerprint density at radius 1 is 1.43 bits per heavy atom. The number of anilines is 1. The van der Waals surface area contributed by atoms with Crippen LogP contribution in [0.25, 0.3) is 0 Å². The Balaban J connectivity index is 1.92. The van der Waals surface area contributed by atoms with Gasteiger partial charge >= 0.3 is 6.61 Å². The zero-order valence-corrected chi connectivity index (χ0v) is 14.8. The molecule has 1 heterocycles. The highest BCUT2D eigenvalue weighted by Gasteiger charge is 2.09. The van der Waals surface area contributed by atoms with Crippen LogP contribution in [-0.4, -0.2) is 22.3 Å². The highest BCUT2D eigenvalue weighted by atomic mass is 127. The number of benzene rings is 1. The summed E-state index contributed by atoms with van der Waals surface area (Å²) in [6, 6.07) is 4.40. The number of halogens is 3. The Hall–Kier alpha value is -1.71. The molecule has 0 radical (unpaired) electrons. The van der Waals surface area contributed by atoms with E-state index < -0.39 is 6.61 Å². The third-order valence-corrected chi connectivity index (χ3v) is 4.21. The number of carbonyl (C=O) groups is 1. The molecule has 0 saturated heterocycles. The lowest BCUT2D eigenvalue weighted by molar-refractivity contribution is -0.116. The minimum Gasteiger partial charge on any atom is -0.435 e. The van der Waals surface area contributed by atoms with Crippen LogP contribution in [0, 0.1) is 17.4 Å². The van der Waals surface area contributed by atoms with Crippen LogP contribution in [0.2, 0.25) is 0 Å². The standard InChI is InChI=1S/C15H16F2IN3O2/c1-9-7-11(23-15(16)17)3-4-13(9)19-14(22)5-6-21-8-12(18)10(2)20-21/h3-4,7-8,15H,5-6H2,1-2H3,(H,19,22).